The number of carbonyl (C=O) groups excluding carboxylic acids is 2. The highest BCUT2D eigenvalue weighted by atomic mass is 19.1. The number of hydrogen-bond acceptors (Lipinski definition) is 3. The molecule has 2 amide bonds. The van der Waals surface area contributed by atoms with Gasteiger partial charge in [-0.05, 0) is 51.9 Å². The van der Waals surface area contributed by atoms with Gasteiger partial charge in [-0.2, -0.15) is 0 Å². The molecule has 1 heterocycles. The van der Waals surface area contributed by atoms with Gasteiger partial charge in [0.25, 0.3) is 5.91 Å². The van der Waals surface area contributed by atoms with Crippen LogP contribution in [0, 0.1) is 17.6 Å². The van der Waals surface area contributed by atoms with Gasteiger partial charge in [-0.3, -0.25) is 9.59 Å². The summed E-state index contributed by atoms with van der Waals surface area (Å²) >= 11 is 0. The zero-order chi connectivity index (χ0) is 21.7. The molecule has 0 aromatic heterocycles. The van der Waals surface area contributed by atoms with Gasteiger partial charge in [0.2, 0.25) is 5.91 Å². The number of hydrogen-bond donors (Lipinski definition) is 1. The van der Waals surface area contributed by atoms with Crippen LogP contribution in [0.1, 0.15) is 61.7 Å². The number of likely N-dealkylation sites (tertiary alicyclic amines) is 1. The molecule has 1 saturated carbocycles. The molecule has 7 heteroatoms. The fourth-order valence-corrected chi connectivity index (χ4v) is 4.74. The molecule has 0 bridgehead atoms. The third-order valence-electron chi connectivity index (χ3n) is 6.89. The first-order valence-corrected chi connectivity index (χ1v) is 11.0. The number of benzene rings is 1. The van der Waals surface area contributed by atoms with Crippen molar-refractivity contribution in [1.29, 1.82) is 0 Å². The fraction of sp³-hybridized carbons (Fsp3) is 0.652. The molecule has 30 heavy (non-hydrogen) atoms. The Balaban J connectivity index is 1.53. The Bertz CT molecular complexity index is 753. The van der Waals surface area contributed by atoms with Gasteiger partial charge in [-0.15, -0.1) is 0 Å². The molecule has 166 valence electrons. The van der Waals surface area contributed by atoms with Crippen LogP contribution in [-0.4, -0.2) is 60.9 Å². The normalized spacial score (nSPS) is 20.1. The number of rotatable bonds is 5. The monoisotopic (exact) mass is 421 g/mol. The second-order valence-electron chi connectivity index (χ2n) is 8.94. The molecule has 2 fully saturated rings. The summed E-state index contributed by atoms with van der Waals surface area (Å²) < 4.78 is 27.0. The van der Waals surface area contributed by atoms with E-state index < -0.39 is 17.5 Å². The molecular formula is C23H33F2N3O2. The van der Waals surface area contributed by atoms with E-state index in [1.54, 1.807) is 4.90 Å². The molecule has 2 aliphatic rings. The largest absolute Gasteiger partial charge is 0.354 e. The third-order valence-corrected chi connectivity index (χ3v) is 6.89. The van der Waals surface area contributed by atoms with E-state index in [1.165, 1.54) is 31.7 Å². The molecule has 0 spiro atoms. The summed E-state index contributed by atoms with van der Waals surface area (Å²) in [5, 5.41) is 3.18. The van der Waals surface area contributed by atoms with Gasteiger partial charge >= 0.3 is 0 Å². The van der Waals surface area contributed by atoms with E-state index in [0.29, 0.717) is 32.5 Å². The lowest BCUT2D eigenvalue weighted by Gasteiger charge is -2.40. The first-order valence-electron chi connectivity index (χ1n) is 11.0. The summed E-state index contributed by atoms with van der Waals surface area (Å²) in [5.74, 6) is -2.10. The van der Waals surface area contributed by atoms with E-state index in [4.69, 9.17) is 0 Å². The Morgan fingerprint density at radius 1 is 1.10 bits per heavy atom. The zero-order valence-corrected chi connectivity index (χ0v) is 18.1. The minimum Gasteiger partial charge on any atom is -0.354 e. The zero-order valence-electron chi connectivity index (χ0n) is 18.1. The molecule has 1 aliphatic carbocycles. The number of nitrogens with zero attached hydrogens (tertiary/aromatic N) is 2. The number of carbonyl (C=O) groups is 2. The van der Waals surface area contributed by atoms with Crippen LogP contribution in [0.5, 0.6) is 0 Å². The van der Waals surface area contributed by atoms with Crippen molar-refractivity contribution in [3.8, 4) is 0 Å². The first-order chi connectivity index (χ1) is 14.3. The van der Waals surface area contributed by atoms with Crippen LogP contribution in [0.15, 0.2) is 18.2 Å². The van der Waals surface area contributed by atoms with Crippen molar-refractivity contribution in [2.24, 2.45) is 5.92 Å². The molecule has 0 unspecified atom stereocenters. The topological polar surface area (TPSA) is 52.7 Å². The summed E-state index contributed by atoms with van der Waals surface area (Å²) in [6.45, 7) is 1.44. The Morgan fingerprint density at radius 2 is 1.73 bits per heavy atom. The first kappa shape index (κ1) is 22.7. The second-order valence-corrected chi connectivity index (χ2v) is 8.94. The van der Waals surface area contributed by atoms with E-state index in [1.807, 2.05) is 0 Å². The van der Waals surface area contributed by atoms with Crippen molar-refractivity contribution < 1.29 is 18.4 Å². The van der Waals surface area contributed by atoms with Gasteiger partial charge in [0.15, 0.2) is 0 Å². The van der Waals surface area contributed by atoms with Crippen LogP contribution in [0.25, 0.3) is 0 Å². The van der Waals surface area contributed by atoms with Crippen LogP contribution in [0.2, 0.25) is 0 Å². The average Bonchev–Trinajstić information content (AvgIpc) is 2.98. The third kappa shape index (κ3) is 5.17. The Hall–Kier alpha value is -2.02. The van der Waals surface area contributed by atoms with E-state index in [2.05, 4.69) is 24.3 Å². The predicted octanol–water partition coefficient (Wildman–Crippen LogP) is 3.59. The Labute approximate surface area is 177 Å². The number of likely N-dealkylation sites (N-methyl/N-ethyl adjacent to an activating group) is 1. The van der Waals surface area contributed by atoms with E-state index in [9.17, 15) is 18.4 Å². The van der Waals surface area contributed by atoms with Gasteiger partial charge in [-0.25, -0.2) is 8.78 Å². The average molecular weight is 422 g/mol. The molecule has 1 aromatic carbocycles. The molecular weight excluding hydrogens is 388 g/mol. The van der Waals surface area contributed by atoms with Crippen LogP contribution in [0.3, 0.4) is 0 Å². The highest BCUT2D eigenvalue weighted by Gasteiger charge is 2.35. The number of amides is 2. The fourth-order valence-electron chi connectivity index (χ4n) is 4.74. The highest BCUT2D eigenvalue weighted by molar-refractivity contribution is 5.94. The number of nitrogens with one attached hydrogen (secondary N) is 1. The molecule has 1 saturated heterocycles. The van der Waals surface area contributed by atoms with E-state index in [-0.39, 0.29) is 22.9 Å². The van der Waals surface area contributed by atoms with E-state index >= 15 is 0 Å². The maximum absolute atomic E-state index is 13.9. The standard InChI is InChI=1S/C23H33F2N3O2/c1-27(2)23(11-5-3-4-6-12-23)16-26-21(29)17-9-13-28(14-10-17)22(30)19-8-7-18(24)15-20(19)25/h7-8,15,17H,3-6,9-14,16H2,1-2H3,(H,26,29). The lowest BCUT2D eigenvalue weighted by atomic mass is 9.88. The minimum atomic E-state index is -0.850. The SMILES string of the molecule is CN(C)C1(CNC(=O)C2CCN(C(=O)c3ccc(F)cc3F)CC2)CCCCCC1. The van der Waals surface area contributed by atoms with Crippen molar-refractivity contribution in [1.82, 2.24) is 15.1 Å². The second kappa shape index (κ2) is 9.86. The summed E-state index contributed by atoms with van der Waals surface area (Å²) in [4.78, 5) is 29.2. The number of halogens is 2. The molecule has 1 aromatic rings. The molecule has 0 radical (unpaired) electrons. The van der Waals surface area contributed by atoms with Gasteiger partial charge < -0.3 is 15.1 Å². The minimum absolute atomic E-state index is 0.0168. The smallest absolute Gasteiger partial charge is 0.256 e. The predicted molar refractivity (Wildman–Crippen MR) is 112 cm³/mol. The lowest BCUT2D eigenvalue weighted by Crippen LogP contribution is -2.54. The summed E-state index contributed by atoms with van der Waals surface area (Å²) in [7, 11) is 4.19. The van der Waals surface area contributed by atoms with Crippen molar-refractivity contribution >= 4 is 11.8 Å². The molecule has 5 nitrogen and oxygen atoms in total. The Morgan fingerprint density at radius 3 is 2.30 bits per heavy atom. The molecule has 3 rings (SSSR count). The summed E-state index contributed by atoms with van der Waals surface area (Å²) in [6, 6.07) is 2.99. The molecule has 0 atom stereocenters. The van der Waals surface area contributed by atoms with Crippen LogP contribution >= 0.6 is 0 Å². The van der Waals surface area contributed by atoms with Gasteiger partial charge in [0.05, 0.1) is 5.56 Å². The van der Waals surface area contributed by atoms with Gasteiger partial charge in [0, 0.05) is 37.2 Å². The van der Waals surface area contributed by atoms with Gasteiger partial charge in [0.1, 0.15) is 11.6 Å². The lowest BCUT2D eigenvalue weighted by molar-refractivity contribution is -0.127. The van der Waals surface area contributed by atoms with Crippen LogP contribution in [-0.2, 0) is 4.79 Å². The van der Waals surface area contributed by atoms with Crippen molar-refractivity contribution in [2.45, 2.75) is 56.9 Å². The Kier molecular flexibility index (Phi) is 7.45. The van der Waals surface area contributed by atoms with Crippen LogP contribution in [0.4, 0.5) is 8.78 Å². The van der Waals surface area contributed by atoms with Crippen molar-refractivity contribution in [3.05, 3.63) is 35.4 Å². The quantitative estimate of drug-likeness (QED) is 0.740. The molecule has 1 aliphatic heterocycles. The molecule has 1 N–H and O–H groups in total. The highest BCUT2D eigenvalue weighted by Crippen LogP contribution is 2.31. The van der Waals surface area contributed by atoms with Crippen LogP contribution < -0.4 is 5.32 Å². The number of piperidine rings is 1. The van der Waals surface area contributed by atoms with E-state index in [0.717, 1.165) is 25.0 Å². The maximum atomic E-state index is 13.9. The van der Waals surface area contributed by atoms with Crippen molar-refractivity contribution in [2.75, 3.05) is 33.7 Å². The summed E-state index contributed by atoms with van der Waals surface area (Å²) in [6.07, 6.45) is 8.18. The van der Waals surface area contributed by atoms with Crippen molar-refractivity contribution in [3.63, 3.8) is 0 Å². The maximum Gasteiger partial charge on any atom is 0.256 e. The summed E-state index contributed by atoms with van der Waals surface area (Å²) in [5.41, 5.74) is -0.108. The van der Waals surface area contributed by atoms with Gasteiger partial charge in [-0.1, -0.05) is 25.7 Å².